The molecule has 1 atom stereocenters. The monoisotopic (exact) mass is 235 g/mol. The number of carboxylic acids is 1. The minimum absolute atomic E-state index is 0.287. The molecular weight excluding hydrogens is 218 g/mol. The lowest BCUT2D eigenvalue weighted by atomic mass is 9.98. The highest BCUT2D eigenvalue weighted by Gasteiger charge is 2.27. The largest absolute Gasteiger partial charge is 0.481 e. The van der Waals surface area contributed by atoms with Crippen molar-refractivity contribution in [3.8, 4) is 0 Å². The summed E-state index contributed by atoms with van der Waals surface area (Å²) in [5.74, 6) is -0.172. The lowest BCUT2D eigenvalue weighted by molar-refractivity contribution is -0.141. The van der Waals surface area contributed by atoms with Gasteiger partial charge in [0.25, 0.3) is 0 Å². The van der Waals surface area contributed by atoms with Crippen LogP contribution < -0.4 is 4.90 Å². The van der Waals surface area contributed by atoms with Crippen LogP contribution in [-0.2, 0) is 4.79 Å². The Morgan fingerprint density at radius 1 is 1.53 bits per heavy atom. The zero-order chi connectivity index (χ0) is 12.4. The Morgan fingerprint density at radius 2 is 2.29 bits per heavy atom. The van der Waals surface area contributed by atoms with Crippen LogP contribution in [0.25, 0.3) is 0 Å². The van der Waals surface area contributed by atoms with Crippen molar-refractivity contribution >= 4 is 11.8 Å². The fraction of sp³-hybridized carbons (Fsp3) is 0.583. The van der Waals surface area contributed by atoms with E-state index in [2.05, 4.69) is 9.97 Å². The summed E-state index contributed by atoms with van der Waals surface area (Å²) in [7, 11) is 0. The summed E-state index contributed by atoms with van der Waals surface area (Å²) >= 11 is 0. The van der Waals surface area contributed by atoms with Gasteiger partial charge in [0.2, 0.25) is 0 Å². The number of aryl methyl sites for hydroxylation is 2. The third kappa shape index (κ3) is 2.54. The summed E-state index contributed by atoms with van der Waals surface area (Å²) in [6, 6.07) is 0. The molecule has 17 heavy (non-hydrogen) atoms. The number of hydrogen-bond acceptors (Lipinski definition) is 4. The summed E-state index contributed by atoms with van der Waals surface area (Å²) in [4.78, 5) is 21.8. The van der Waals surface area contributed by atoms with Gasteiger partial charge in [-0.05, 0) is 26.7 Å². The number of anilines is 1. The van der Waals surface area contributed by atoms with Gasteiger partial charge in [-0.2, -0.15) is 0 Å². The molecule has 5 nitrogen and oxygen atoms in total. The molecule has 1 fully saturated rings. The maximum Gasteiger partial charge on any atom is 0.308 e. The first-order valence-corrected chi connectivity index (χ1v) is 5.86. The first-order chi connectivity index (χ1) is 8.08. The zero-order valence-electron chi connectivity index (χ0n) is 10.2. The predicted octanol–water partition coefficient (Wildman–Crippen LogP) is 1.39. The van der Waals surface area contributed by atoms with E-state index >= 15 is 0 Å². The fourth-order valence-corrected chi connectivity index (χ4v) is 2.20. The molecule has 0 aromatic carbocycles. The first kappa shape index (κ1) is 11.8. The lowest BCUT2D eigenvalue weighted by Gasteiger charge is -2.32. The third-order valence-electron chi connectivity index (χ3n) is 3.12. The van der Waals surface area contributed by atoms with Gasteiger partial charge < -0.3 is 10.0 Å². The van der Waals surface area contributed by atoms with Crippen molar-refractivity contribution in [1.29, 1.82) is 0 Å². The molecule has 0 saturated carbocycles. The quantitative estimate of drug-likeness (QED) is 0.839. The molecule has 2 heterocycles. The van der Waals surface area contributed by atoms with E-state index in [1.807, 2.05) is 18.7 Å². The number of rotatable bonds is 2. The number of hydrogen-bond donors (Lipinski definition) is 1. The fourth-order valence-electron chi connectivity index (χ4n) is 2.20. The molecule has 1 saturated heterocycles. The molecule has 1 N–H and O–H groups in total. The summed E-state index contributed by atoms with van der Waals surface area (Å²) in [5, 5.41) is 9.06. The van der Waals surface area contributed by atoms with Crippen molar-refractivity contribution in [1.82, 2.24) is 9.97 Å². The average molecular weight is 235 g/mol. The van der Waals surface area contributed by atoms with E-state index in [0.717, 1.165) is 36.6 Å². The number of aromatic nitrogens is 2. The van der Waals surface area contributed by atoms with Gasteiger partial charge >= 0.3 is 5.97 Å². The Morgan fingerprint density at radius 3 is 3.00 bits per heavy atom. The Hall–Kier alpha value is -1.65. The Balaban J connectivity index is 2.21. The minimum Gasteiger partial charge on any atom is -0.481 e. The topological polar surface area (TPSA) is 66.3 Å². The molecule has 1 aromatic rings. The normalized spacial score (nSPS) is 20.4. The van der Waals surface area contributed by atoms with Crippen LogP contribution in [0.4, 0.5) is 5.82 Å². The molecule has 1 aliphatic heterocycles. The third-order valence-corrected chi connectivity index (χ3v) is 3.12. The van der Waals surface area contributed by atoms with E-state index < -0.39 is 5.97 Å². The molecule has 0 bridgehead atoms. The van der Waals surface area contributed by atoms with Crippen LogP contribution in [-0.4, -0.2) is 34.1 Å². The van der Waals surface area contributed by atoms with Crippen molar-refractivity contribution in [3.63, 3.8) is 0 Å². The van der Waals surface area contributed by atoms with Crippen molar-refractivity contribution in [2.45, 2.75) is 26.7 Å². The second kappa shape index (κ2) is 4.69. The average Bonchev–Trinajstić information content (AvgIpc) is 2.32. The van der Waals surface area contributed by atoms with Gasteiger partial charge in [-0.25, -0.2) is 4.98 Å². The molecule has 0 aliphatic carbocycles. The molecular formula is C12H17N3O2. The molecule has 0 radical (unpaired) electrons. The standard InChI is InChI=1S/C12H17N3O2/c1-8-6-13-9(2)11(14-8)15-5-3-4-10(7-15)12(16)17/h6,10H,3-5,7H2,1-2H3,(H,16,17). The molecule has 0 spiro atoms. The van der Waals surface area contributed by atoms with E-state index in [1.54, 1.807) is 6.20 Å². The van der Waals surface area contributed by atoms with Gasteiger partial charge in [-0.1, -0.05) is 0 Å². The van der Waals surface area contributed by atoms with E-state index in [9.17, 15) is 4.79 Å². The summed E-state index contributed by atoms with van der Waals surface area (Å²) in [5.41, 5.74) is 1.73. The van der Waals surface area contributed by atoms with Crippen LogP contribution in [0.5, 0.6) is 0 Å². The van der Waals surface area contributed by atoms with Crippen LogP contribution in [0.2, 0.25) is 0 Å². The van der Waals surface area contributed by atoms with Crippen LogP contribution in [0, 0.1) is 19.8 Å². The second-order valence-electron chi connectivity index (χ2n) is 4.54. The zero-order valence-corrected chi connectivity index (χ0v) is 10.2. The van der Waals surface area contributed by atoms with Crippen LogP contribution in [0.15, 0.2) is 6.20 Å². The molecule has 0 amide bonds. The predicted molar refractivity (Wildman–Crippen MR) is 64.1 cm³/mol. The van der Waals surface area contributed by atoms with Gasteiger partial charge in [-0.3, -0.25) is 9.78 Å². The Kier molecular flexibility index (Phi) is 3.26. The Bertz CT molecular complexity index is 434. The van der Waals surface area contributed by atoms with Gasteiger partial charge in [0.1, 0.15) is 5.82 Å². The molecule has 5 heteroatoms. The maximum absolute atomic E-state index is 11.0. The highest BCUT2D eigenvalue weighted by Crippen LogP contribution is 2.23. The van der Waals surface area contributed by atoms with Gasteiger partial charge in [0, 0.05) is 19.3 Å². The smallest absolute Gasteiger partial charge is 0.308 e. The van der Waals surface area contributed by atoms with Gasteiger partial charge in [-0.15, -0.1) is 0 Å². The molecule has 2 rings (SSSR count). The molecule has 1 aliphatic rings. The highest BCUT2D eigenvalue weighted by molar-refractivity contribution is 5.71. The van der Waals surface area contributed by atoms with Gasteiger partial charge in [0.05, 0.1) is 17.3 Å². The summed E-state index contributed by atoms with van der Waals surface area (Å²) < 4.78 is 0. The van der Waals surface area contributed by atoms with Crippen molar-refractivity contribution < 1.29 is 9.90 Å². The Labute approximate surface area is 100 Å². The van der Waals surface area contributed by atoms with E-state index in [-0.39, 0.29) is 5.92 Å². The lowest BCUT2D eigenvalue weighted by Crippen LogP contribution is -2.39. The number of carboxylic acid groups (broad SMARTS) is 1. The summed E-state index contributed by atoms with van der Waals surface area (Å²) in [6.07, 6.45) is 3.38. The van der Waals surface area contributed by atoms with Crippen LogP contribution >= 0.6 is 0 Å². The number of nitrogens with zero attached hydrogens (tertiary/aromatic N) is 3. The first-order valence-electron chi connectivity index (χ1n) is 5.86. The second-order valence-corrected chi connectivity index (χ2v) is 4.54. The van der Waals surface area contributed by atoms with E-state index in [0.29, 0.717) is 6.54 Å². The summed E-state index contributed by atoms with van der Waals surface area (Å²) in [6.45, 7) is 5.21. The number of carbonyl (C=O) groups is 1. The maximum atomic E-state index is 11.0. The minimum atomic E-state index is -0.715. The number of piperidine rings is 1. The van der Waals surface area contributed by atoms with Crippen LogP contribution in [0.1, 0.15) is 24.2 Å². The van der Waals surface area contributed by atoms with E-state index in [4.69, 9.17) is 5.11 Å². The van der Waals surface area contributed by atoms with E-state index in [1.165, 1.54) is 0 Å². The van der Waals surface area contributed by atoms with Crippen LogP contribution in [0.3, 0.4) is 0 Å². The highest BCUT2D eigenvalue weighted by atomic mass is 16.4. The molecule has 92 valence electrons. The molecule has 1 aromatic heterocycles. The van der Waals surface area contributed by atoms with Crippen molar-refractivity contribution in [2.24, 2.45) is 5.92 Å². The number of aliphatic carboxylic acids is 1. The SMILES string of the molecule is Cc1cnc(C)c(N2CCCC(C(=O)O)C2)n1. The van der Waals surface area contributed by atoms with Crippen molar-refractivity contribution in [2.75, 3.05) is 18.0 Å². The van der Waals surface area contributed by atoms with Gasteiger partial charge in [0.15, 0.2) is 0 Å². The molecule has 1 unspecified atom stereocenters. The van der Waals surface area contributed by atoms with Crippen molar-refractivity contribution in [3.05, 3.63) is 17.6 Å².